The van der Waals surface area contributed by atoms with Gasteiger partial charge in [0.1, 0.15) is 5.82 Å². The monoisotopic (exact) mass is 392 g/mol. The van der Waals surface area contributed by atoms with E-state index in [2.05, 4.69) is 15.5 Å². The molecule has 27 heavy (non-hydrogen) atoms. The van der Waals surface area contributed by atoms with Crippen LogP contribution >= 0.6 is 11.6 Å². The van der Waals surface area contributed by atoms with E-state index in [0.717, 1.165) is 0 Å². The number of amides is 1. The van der Waals surface area contributed by atoms with Crippen LogP contribution in [-0.4, -0.2) is 30.4 Å². The SMILES string of the molecule is O=C(CCn1ccc([N+](=O)[O-])n1)Nc1cnn(Cc2ccc(F)cc2Cl)c1. The van der Waals surface area contributed by atoms with E-state index in [1.807, 2.05) is 0 Å². The molecule has 0 aliphatic rings. The number of carbonyl (C=O) groups is 1. The predicted octanol–water partition coefficient (Wildman–Crippen LogP) is 2.86. The van der Waals surface area contributed by atoms with Gasteiger partial charge in [0, 0.05) is 17.6 Å². The molecule has 2 aromatic heterocycles. The summed E-state index contributed by atoms with van der Waals surface area (Å²) in [6, 6.07) is 5.37. The average Bonchev–Trinajstić information content (AvgIpc) is 3.25. The lowest BCUT2D eigenvalue weighted by Crippen LogP contribution is -2.14. The summed E-state index contributed by atoms with van der Waals surface area (Å²) in [5.41, 5.74) is 1.18. The molecule has 3 rings (SSSR count). The molecule has 9 nitrogen and oxygen atoms in total. The first-order valence-corrected chi connectivity index (χ1v) is 8.22. The van der Waals surface area contributed by atoms with E-state index >= 15 is 0 Å². The molecule has 0 spiro atoms. The number of carbonyl (C=O) groups excluding carboxylic acids is 1. The van der Waals surface area contributed by atoms with Gasteiger partial charge in [-0.15, -0.1) is 0 Å². The summed E-state index contributed by atoms with van der Waals surface area (Å²) in [4.78, 5) is 22.0. The normalized spacial score (nSPS) is 10.7. The van der Waals surface area contributed by atoms with Gasteiger partial charge in [-0.2, -0.15) is 9.78 Å². The second-order valence-electron chi connectivity index (χ2n) is 5.65. The first-order valence-electron chi connectivity index (χ1n) is 7.85. The molecular formula is C16H14ClFN6O3. The molecule has 3 aromatic rings. The average molecular weight is 393 g/mol. The molecular weight excluding hydrogens is 379 g/mol. The molecule has 0 saturated carbocycles. The van der Waals surface area contributed by atoms with Crippen molar-refractivity contribution in [3.63, 3.8) is 0 Å². The lowest BCUT2D eigenvalue weighted by molar-refractivity contribution is -0.389. The highest BCUT2D eigenvalue weighted by Gasteiger charge is 2.12. The van der Waals surface area contributed by atoms with Gasteiger partial charge >= 0.3 is 5.82 Å². The number of halogens is 2. The Morgan fingerprint density at radius 3 is 2.85 bits per heavy atom. The van der Waals surface area contributed by atoms with E-state index in [1.54, 1.807) is 16.9 Å². The summed E-state index contributed by atoms with van der Waals surface area (Å²) >= 11 is 5.99. The topological polar surface area (TPSA) is 108 Å². The minimum atomic E-state index is -0.599. The predicted molar refractivity (Wildman–Crippen MR) is 94.9 cm³/mol. The summed E-state index contributed by atoms with van der Waals surface area (Å²) < 4.78 is 16.0. The first kappa shape index (κ1) is 18.5. The smallest absolute Gasteiger partial charge is 0.358 e. The maximum absolute atomic E-state index is 13.1. The van der Waals surface area contributed by atoms with Gasteiger partial charge in [0.2, 0.25) is 5.91 Å². The number of aromatic nitrogens is 4. The maximum atomic E-state index is 13.1. The minimum absolute atomic E-state index is 0.0911. The fraction of sp³-hybridized carbons (Fsp3) is 0.188. The van der Waals surface area contributed by atoms with Crippen molar-refractivity contribution in [2.75, 3.05) is 5.32 Å². The van der Waals surface area contributed by atoms with Crippen LogP contribution in [0.2, 0.25) is 5.02 Å². The fourth-order valence-corrected chi connectivity index (χ4v) is 2.58. The molecule has 11 heteroatoms. The van der Waals surface area contributed by atoms with E-state index < -0.39 is 10.7 Å². The van der Waals surface area contributed by atoms with Gasteiger partial charge < -0.3 is 15.4 Å². The fourth-order valence-electron chi connectivity index (χ4n) is 2.35. The van der Waals surface area contributed by atoms with E-state index in [1.165, 1.54) is 35.3 Å². The molecule has 0 saturated heterocycles. The molecule has 0 atom stereocenters. The second-order valence-corrected chi connectivity index (χ2v) is 6.06. The zero-order chi connectivity index (χ0) is 19.4. The van der Waals surface area contributed by atoms with Gasteiger partial charge in [0.25, 0.3) is 0 Å². The Morgan fingerprint density at radius 2 is 2.15 bits per heavy atom. The van der Waals surface area contributed by atoms with Crippen LogP contribution in [0.1, 0.15) is 12.0 Å². The Hall–Kier alpha value is -3.27. The van der Waals surface area contributed by atoms with E-state index in [0.29, 0.717) is 22.8 Å². The number of nitro groups is 1. The van der Waals surface area contributed by atoms with E-state index in [9.17, 15) is 19.3 Å². The van der Waals surface area contributed by atoms with Crippen molar-refractivity contribution in [2.24, 2.45) is 0 Å². The van der Waals surface area contributed by atoms with Crippen LogP contribution in [0.3, 0.4) is 0 Å². The lowest BCUT2D eigenvalue weighted by atomic mass is 10.2. The van der Waals surface area contributed by atoms with E-state index in [4.69, 9.17) is 11.6 Å². The maximum Gasteiger partial charge on any atom is 0.389 e. The zero-order valence-corrected chi connectivity index (χ0v) is 14.6. The minimum Gasteiger partial charge on any atom is -0.358 e. The molecule has 1 aromatic carbocycles. The summed E-state index contributed by atoms with van der Waals surface area (Å²) in [6.07, 6.45) is 4.63. The summed E-state index contributed by atoms with van der Waals surface area (Å²) in [5, 5.41) is 21.4. The number of rotatable bonds is 7. The van der Waals surface area contributed by atoms with Gasteiger partial charge in [-0.05, 0) is 22.6 Å². The van der Waals surface area contributed by atoms with Crippen molar-refractivity contribution in [1.29, 1.82) is 0 Å². The van der Waals surface area contributed by atoms with Crippen molar-refractivity contribution in [1.82, 2.24) is 19.6 Å². The highest BCUT2D eigenvalue weighted by atomic mass is 35.5. The Labute approximate surface area is 157 Å². The molecule has 0 fully saturated rings. The first-order chi connectivity index (χ1) is 12.9. The quantitative estimate of drug-likeness (QED) is 0.491. The summed E-state index contributed by atoms with van der Waals surface area (Å²) in [7, 11) is 0. The van der Waals surface area contributed by atoms with Gasteiger partial charge in [-0.25, -0.2) is 4.39 Å². The number of nitrogens with zero attached hydrogens (tertiary/aromatic N) is 5. The third-order valence-corrected chi connectivity index (χ3v) is 4.00. The van der Waals surface area contributed by atoms with Crippen LogP contribution in [0, 0.1) is 15.9 Å². The molecule has 1 N–H and O–H groups in total. The molecule has 0 aliphatic carbocycles. The lowest BCUT2D eigenvalue weighted by Gasteiger charge is -2.04. The van der Waals surface area contributed by atoms with Crippen molar-refractivity contribution < 1.29 is 14.1 Å². The Balaban J connectivity index is 1.53. The third kappa shape index (κ3) is 4.88. The van der Waals surface area contributed by atoms with Gasteiger partial charge in [-0.1, -0.05) is 17.7 Å². The Kier molecular flexibility index (Phi) is 5.46. The number of nitrogens with one attached hydrogen (secondary N) is 1. The molecule has 0 aliphatic heterocycles. The van der Waals surface area contributed by atoms with E-state index in [-0.39, 0.29) is 24.7 Å². The van der Waals surface area contributed by atoms with Gasteiger partial charge in [0.15, 0.2) is 0 Å². The number of aryl methyl sites for hydroxylation is 1. The third-order valence-electron chi connectivity index (χ3n) is 3.65. The molecule has 140 valence electrons. The zero-order valence-electron chi connectivity index (χ0n) is 13.9. The number of hydrogen-bond donors (Lipinski definition) is 1. The van der Waals surface area contributed by atoms with Crippen molar-refractivity contribution in [3.05, 3.63) is 69.4 Å². The van der Waals surface area contributed by atoms with Crippen LogP contribution in [0.15, 0.2) is 42.9 Å². The van der Waals surface area contributed by atoms with Crippen LogP contribution in [0.5, 0.6) is 0 Å². The van der Waals surface area contributed by atoms with Gasteiger partial charge in [0.05, 0.1) is 42.3 Å². The molecule has 0 unspecified atom stereocenters. The second kappa shape index (κ2) is 7.96. The summed E-state index contributed by atoms with van der Waals surface area (Å²) in [6.45, 7) is 0.533. The highest BCUT2D eigenvalue weighted by Crippen LogP contribution is 2.19. The largest absolute Gasteiger partial charge is 0.389 e. The number of hydrogen-bond acceptors (Lipinski definition) is 5. The molecule has 1 amide bonds. The Morgan fingerprint density at radius 1 is 1.33 bits per heavy atom. The van der Waals surface area contributed by atoms with Crippen LogP contribution in [0.4, 0.5) is 15.9 Å². The van der Waals surface area contributed by atoms with Gasteiger partial charge in [-0.3, -0.25) is 9.48 Å². The van der Waals surface area contributed by atoms with Crippen molar-refractivity contribution >= 4 is 29.0 Å². The number of benzene rings is 1. The van der Waals surface area contributed by atoms with Crippen LogP contribution in [0.25, 0.3) is 0 Å². The number of anilines is 1. The van der Waals surface area contributed by atoms with Crippen LogP contribution in [-0.2, 0) is 17.9 Å². The Bertz CT molecular complexity index is 986. The molecule has 0 radical (unpaired) electrons. The molecule has 2 heterocycles. The van der Waals surface area contributed by atoms with Crippen molar-refractivity contribution in [3.8, 4) is 0 Å². The summed E-state index contributed by atoms with van der Waals surface area (Å²) in [5.74, 6) is -0.969. The highest BCUT2D eigenvalue weighted by molar-refractivity contribution is 6.31. The standard InChI is InChI=1S/C16H14ClFN6O3/c17-14-7-12(18)2-1-11(14)9-23-10-13(8-19-23)20-16(25)4-6-22-5-3-15(21-22)24(26)27/h1-3,5,7-8,10H,4,6,9H2,(H,20,25). The van der Waals surface area contributed by atoms with Crippen molar-refractivity contribution in [2.45, 2.75) is 19.5 Å². The van der Waals surface area contributed by atoms with Crippen LogP contribution < -0.4 is 5.32 Å². The molecule has 0 bridgehead atoms.